The maximum atomic E-state index is 11.6. The average Bonchev–Trinajstić information content (AvgIpc) is 2.49. The molecule has 1 rings (SSSR count). The zero-order chi connectivity index (χ0) is 14.6. The number of aliphatic hydroxyl groups is 1. The molecule has 0 aliphatic rings. The van der Waals surface area contributed by atoms with E-state index in [2.05, 4.69) is 10.6 Å². The highest BCUT2D eigenvalue weighted by atomic mass is 16.5. The van der Waals surface area contributed by atoms with E-state index >= 15 is 0 Å². The molecule has 1 aromatic rings. The topological polar surface area (TPSA) is 70.6 Å². The number of carbonyl (C=O) groups is 1. The summed E-state index contributed by atoms with van der Waals surface area (Å²) in [6.45, 7) is 1.47. The zero-order valence-electron chi connectivity index (χ0n) is 12.0. The van der Waals surface area contributed by atoms with E-state index in [-0.39, 0.29) is 25.1 Å². The third-order valence-corrected chi connectivity index (χ3v) is 2.94. The Bertz CT molecular complexity index is 371. The second-order valence-electron chi connectivity index (χ2n) is 4.65. The van der Waals surface area contributed by atoms with Crippen molar-refractivity contribution in [2.45, 2.75) is 18.9 Å². The molecule has 0 fully saturated rings. The Hall–Kier alpha value is -1.43. The molecule has 5 heteroatoms. The predicted octanol–water partition coefficient (Wildman–Crippen LogP) is 0.332. The third-order valence-electron chi connectivity index (χ3n) is 2.94. The van der Waals surface area contributed by atoms with Gasteiger partial charge in [0, 0.05) is 26.3 Å². The summed E-state index contributed by atoms with van der Waals surface area (Å²) >= 11 is 0. The van der Waals surface area contributed by atoms with Gasteiger partial charge in [0.2, 0.25) is 5.91 Å². The largest absolute Gasteiger partial charge is 0.395 e. The molecule has 0 spiro atoms. The van der Waals surface area contributed by atoms with Crippen molar-refractivity contribution < 1.29 is 14.6 Å². The van der Waals surface area contributed by atoms with Crippen LogP contribution in [-0.4, -0.2) is 50.5 Å². The van der Waals surface area contributed by atoms with Crippen molar-refractivity contribution in [2.24, 2.45) is 0 Å². The molecule has 0 aliphatic heterocycles. The van der Waals surface area contributed by atoms with Crippen molar-refractivity contribution in [2.75, 3.05) is 33.4 Å². The van der Waals surface area contributed by atoms with Crippen molar-refractivity contribution in [3.8, 4) is 0 Å². The minimum atomic E-state index is -0.109. The molecule has 1 amide bonds. The summed E-state index contributed by atoms with van der Waals surface area (Å²) in [5.74, 6) is -0.0624. The smallest absolute Gasteiger partial charge is 0.233 e. The second-order valence-corrected chi connectivity index (χ2v) is 4.65. The van der Waals surface area contributed by atoms with Crippen LogP contribution in [0.25, 0.3) is 0 Å². The number of benzene rings is 1. The van der Waals surface area contributed by atoms with E-state index < -0.39 is 0 Å². The first kappa shape index (κ1) is 16.6. The Morgan fingerprint density at radius 2 is 2.10 bits per heavy atom. The van der Waals surface area contributed by atoms with Crippen LogP contribution in [0.1, 0.15) is 12.0 Å². The van der Waals surface area contributed by atoms with Gasteiger partial charge in [0.15, 0.2) is 0 Å². The van der Waals surface area contributed by atoms with Crippen LogP contribution in [0.2, 0.25) is 0 Å². The van der Waals surface area contributed by atoms with Gasteiger partial charge in [-0.15, -0.1) is 0 Å². The molecular weight excluding hydrogens is 256 g/mol. The fourth-order valence-electron chi connectivity index (χ4n) is 1.84. The normalized spacial score (nSPS) is 12.1. The van der Waals surface area contributed by atoms with Crippen molar-refractivity contribution in [3.05, 3.63) is 35.9 Å². The zero-order valence-corrected chi connectivity index (χ0v) is 12.0. The van der Waals surface area contributed by atoms with Gasteiger partial charge in [-0.25, -0.2) is 0 Å². The summed E-state index contributed by atoms with van der Waals surface area (Å²) in [4.78, 5) is 11.6. The van der Waals surface area contributed by atoms with E-state index in [1.807, 2.05) is 30.3 Å². The van der Waals surface area contributed by atoms with Gasteiger partial charge in [-0.05, 0) is 18.4 Å². The molecule has 5 nitrogen and oxygen atoms in total. The SMILES string of the molecule is COCCCNC(=O)CNC(CO)Cc1ccccc1. The lowest BCUT2D eigenvalue weighted by molar-refractivity contribution is -0.120. The summed E-state index contributed by atoms with van der Waals surface area (Å²) in [6, 6.07) is 9.79. The van der Waals surface area contributed by atoms with Gasteiger partial charge in [0.05, 0.1) is 13.2 Å². The molecular formula is C15H24N2O3. The average molecular weight is 280 g/mol. The van der Waals surface area contributed by atoms with Crippen LogP contribution in [0.15, 0.2) is 30.3 Å². The molecule has 20 heavy (non-hydrogen) atoms. The molecule has 1 atom stereocenters. The molecule has 0 saturated heterocycles. The molecule has 1 unspecified atom stereocenters. The summed E-state index contributed by atoms with van der Waals surface area (Å²) in [5.41, 5.74) is 1.14. The lowest BCUT2D eigenvalue weighted by Crippen LogP contribution is -2.42. The Morgan fingerprint density at radius 1 is 1.35 bits per heavy atom. The van der Waals surface area contributed by atoms with E-state index in [1.165, 1.54) is 0 Å². The van der Waals surface area contributed by atoms with Crippen molar-refractivity contribution in [1.29, 1.82) is 0 Å². The molecule has 1 aromatic carbocycles. The second kappa shape index (κ2) is 10.4. The number of carbonyl (C=O) groups excluding carboxylic acids is 1. The van der Waals surface area contributed by atoms with E-state index in [0.717, 1.165) is 12.0 Å². The summed E-state index contributed by atoms with van der Waals surface area (Å²) in [6.07, 6.45) is 1.50. The Morgan fingerprint density at radius 3 is 2.75 bits per heavy atom. The first-order valence-corrected chi connectivity index (χ1v) is 6.90. The van der Waals surface area contributed by atoms with Crippen LogP contribution in [0.5, 0.6) is 0 Å². The van der Waals surface area contributed by atoms with E-state index in [4.69, 9.17) is 4.74 Å². The number of ether oxygens (including phenoxy) is 1. The third kappa shape index (κ3) is 7.23. The lowest BCUT2D eigenvalue weighted by atomic mass is 10.1. The minimum Gasteiger partial charge on any atom is -0.395 e. The molecule has 0 radical (unpaired) electrons. The molecule has 0 saturated carbocycles. The van der Waals surface area contributed by atoms with Crippen molar-refractivity contribution in [1.82, 2.24) is 10.6 Å². The standard InChI is InChI=1S/C15H24N2O3/c1-20-9-5-8-16-15(19)11-17-14(12-18)10-13-6-3-2-4-7-13/h2-4,6-7,14,17-18H,5,8-12H2,1H3,(H,16,19). The van der Waals surface area contributed by atoms with Crippen molar-refractivity contribution in [3.63, 3.8) is 0 Å². The van der Waals surface area contributed by atoms with Gasteiger partial charge in [-0.2, -0.15) is 0 Å². The van der Waals surface area contributed by atoms with Crippen LogP contribution in [0.4, 0.5) is 0 Å². The quantitative estimate of drug-likeness (QED) is 0.540. The van der Waals surface area contributed by atoms with Gasteiger partial charge >= 0.3 is 0 Å². The van der Waals surface area contributed by atoms with E-state index in [1.54, 1.807) is 7.11 Å². The van der Waals surface area contributed by atoms with Crippen LogP contribution >= 0.6 is 0 Å². The number of hydrogen-bond acceptors (Lipinski definition) is 4. The fraction of sp³-hybridized carbons (Fsp3) is 0.533. The lowest BCUT2D eigenvalue weighted by Gasteiger charge is -2.16. The van der Waals surface area contributed by atoms with Gasteiger partial charge < -0.3 is 20.5 Å². The first-order valence-electron chi connectivity index (χ1n) is 6.90. The Kier molecular flexibility index (Phi) is 8.62. The molecule has 3 N–H and O–H groups in total. The monoisotopic (exact) mass is 280 g/mol. The number of nitrogens with one attached hydrogen (secondary N) is 2. The highest BCUT2D eigenvalue weighted by Gasteiger charge is 2.09. The number of aliphatic hydroxyl groups excluding tert-OH is 1. The minimum absolute atomic E-state index is 0.00580. The van der Waals surface area contributed by atoms with Crippen LogP contribution < -0.4 is 10.6 Å². The van der Waals surface area contributed by atoms with Gasteiger partial charge in [0.1, 0.15) is 0 Å². The molecule has 0 heterocycles. The number of hydrogen-bond donors (Lipinski definition) is 3. The first-order chi connectivity index (χ1) is 9.76. The Balaban J connectivity index is 2.22. The van der Waals surface area contributed by atoms with Gasteiger partial charge in [-0.1, -0.05) is 30.3 Å². The summed E-state index contributed by atoms with van der Waals surface area (Å²) in [5, 5.41) is 15.2. The fourth-order valence-corrected chi connectivity index (χ4v) is 1.84. The summed E-state index contributed by atoms with van der Waals surface area (Å²) in [7, 11) is 1.64. The maximum Gasteiger partial charge on any atom is 0.233 e. The Labute approximate surface area is 120 Å². The van der Waals surface area contributed by atoms with E-state index in [0.29, 0.717) is 19.6 Å². The molecule has 112 valence electrons. The molecule has 0 bridgehead atoms. The predicted molar refractivity (Wildman–Crippen MR) is 78.5 cm³/mol. The van der Waals surface area contributed by atoms with Gasteiger partial charge in [-0.3, -0.25) is 4.79 Å². The van der Waals surface area contributed by atoms with Crippen LogP contribution in [0.3, 0.4) is 0 Å². The van der Waals surface area contributed by atoms with Gasteiger partial charge in [0.25, 0.3) is 0 Å². The van der Waals surface area contributed by atoms with Crippen LogP contribution in [0, 0.1) is 0 Å². The highest BCUT2D eigenvalue weighted by Crippen LogP contribution is 2.02. The highest BCUT2D eigenvalue weighted by molar-refractivity contribution is 5.77. The van der Waals surface area contributed by atoms with Crippen LogP contribution in [-0.2, 0) is 16.0 Å². The molecule has 0 aliphatic carbocycles. The van der Waals surface area contributed by atoms with E-state index in [9.17, 15) is 9.90 Å². The molecule has 0 aromatic heterocycles. The summed E-state index contributed by atoms with van der Waals surface area (Å²) < 4.78 is 4.91. The maximum absolute atomic E-state index is 11.6. The number of amides is 1. The number of methoxy groups -OCH3 is 1. The number of rotatable bonds is 10. The van der Waals surface area contributed by atoms with Crippen molar-refractivity contribution >= 4 is 5.91 Å².